The molecule has 2 aromatic heterocycles. The lowest BCUT2D eigenvalue weighted by atomic mass is 10.1. The lowest BCUT2D eigenvalue weighted by molar-refractivity contribution is -0.118. The molecule has 6 nitrogen and oxygen atoms in total. The molecular formula is C20H21ClN4O2S. The van der Waals surface area contributed by atoms with Gasteiger partial charge in [-0.05, 0) is 36.8 Å². The van der Waals surface area contributed by atoms with E-state index in [0.717, 1.165) is 17.0 Å². The average Bonchev–Trinajstić information content (AvgIpc) is 3.10. The zero-order chi connectivity index (χ0) is 20.1. The summed E-state index contributed by atoms with van der Waals surface area (Å²) in [6, 6.07) is 11.2. The number of hydrogen-bond donors (Lipinski definition) is 1. The molecule has 1 amide bonds. The second-order valence-electron chi connectivity index (χ2n) is 6.10. The fraction of sp³-hybridized carbons (Fsp3) is 0.250. The minimum atomic E-state index is -0.260. The van der Waals surface area contributed by atoms with Crippen molar-refractivity contribution in [2.24, 2.45) is 0 Å². The highest BCUT2D eigenvalue weighted by atomic mass is 35.5. The number of anilines is 1. The van der Waals surface area contributed by atoms with E-state index >= 15 is 0 Å². The smallest absolute Gasteiger partial charge is 0.228 e. The molecule has 1 aromatic carbocycles. The molecule has 0 spiro atoms. The minimum Gasteiger partial charge on any atom is -0.497 e. The summed E-state index contributed by atoms with van der Waals surface area (Å²) >= 11 is 10.9. The first-order valence-electron chi connectivity index (χ1n) is 8.81. The molecule has 1 atom stereocenters. The van der Waals surface area contributed by atoms with E-state index in [1.807, 2.05) is 43.3 Å². The molecule has 1 unspecified atom stereocenters. The highest BCUT2D eigenvalue weighted by molar-refractivity contribution is 7.80. The number of hydrogen-bond acceptors (Lipinski definition) is 5. The molecule has 0 aliphatic rings. The van der Waals surface area contributed by atoms with Gasteiger partial charge in [-0.3, -0.25) is 9.78 Å². The van der Waals surface area contributed by atoms with Crippen molar-refractivity contribution < 1.29 is 9.53 Å². The van der Waals surface area contributed by atoms with Crippen LogP contribution in [0.3, 0.4) is 0 Å². The van der Waals surface area contributed by atoms with Gasteiger partial charge in [-0.1, -0.05) is 23.7 Å². The van der Waals surface area contributed by atoms with Crippen LogP contribution in [0, 0.1) is 0 Å². The van der Waals surface area contributed by atoms with Crippen molar-refractivity contribution >= 4 is 35.8 Å². The van der Waals surface area contributed by atoms with Crippen molar-refractivity contribution in [1.82, 2.24) is 14.8 Å². The second kappa shape index (κ2) is 9.12. The molecular weight excluding hydrogens is 396 g/mol. The van der Waals surface area contributed by atoms with Crippen molar-refractivity contribution in [3.63, 3.8) is 0 Å². The number of benzene rings is 1. The Kier molecular flexibility index (Phi) is 6.59. The van der Waals surface area contributed by atoms with E-state index < -0.39 is 0 Å². The Bertz CT molecular complexity index is 948. The Morgan fingerprint density at radius 2 is 2.18 bits per heavy atom. The maximum absolute atomic E-state index is 12.9. The van der Waals surface area contributed by atoms with Gasteiger partial charge in [-0.15, -0.1) is 0 Å². The number of ether oxygens (including phenoxy) is 1. The van der Waals surface area contributed by atoms with E-state index in [4.69, 9.17) is 16.3 Å². The Labute approximate surface area is 174 Å². The summed E-state index contributed by atoms with van der Waals surface area (Å²) in [4.78, 5) is 18.6. The molecule has 3 rings (SSSR count). The van der Waals surface area contributed by atoms with Gasteiger partial charge in [0.2, 0.25) is 5.91 Å². The first kappa shape index (κ1) is 20.2. The number of thiol groups is 1. The zero-order valence-electron chi connectivity index (χ0n) is 15.6. The Morgan fingerprint density at radius 1 is 1.36 bits per heavy atom. The van der Waals surface area contributed by atoms with Crippen LogP contribution in [0.2, 0.25) is 5.15 Å². The van der Waals surface area contributed by atoms with Crippen LogP contribution in [0.15, 0.2) is 55.0 Å². The van der Waals surface area contributed by atoms with Crippen LogP contribution in [0.5, 0.6) is 5.75 Å². The summed E-state index contributed by atoms with van der Waals surface area (Å²) in [5.41, 5.74) is 2.25. The number of pyridine rings is 1. The van der Waals surface area contributed by atoms with E-state index in [1.54, 1.807) is 35.3 Å². The highest BCUT2D eigenvalue weighted by Gasteiger charge is 2.23. The molecule has 0 radical (unpaired) electrons. The molecule has 0 N–H and O–H groups in total. The van der Waals surface area contributed by atoms with Gasteiger partial charge in [-0.25, -0.2) is 4.68 Å². The van der Waals surface area contributed by atoms with Crippen LogP contribution in [0.25, 0.3) is 5.69 Å². The number of carbonyl (C=O) groups excluding carboxylic acids is 1. The summed E-state index contributed by atoms with van der Waals surface area (Å²) in [6.45, 7) is 2.37. The highest BCUT2D eigenvalue weighted by Crippen LogP contribution is 2.31. The normalized spacial score (nSPS) is 11.9. The van der Waals surface area contributed by atoms with Crippen molar-refractivity contribution in [2.75, 3.05) is 18.6 Å². The third-order valence-electron chi connectivity index (χ3n) is 4.32. The quantitative estimate of drug-likeness (QED) is 0.582. The summed E-state index contributed by atoms with van der Waals surface area (Å²) in [6.07, 6.45) is 5.32. The van der Waals surface area contributed by atoms with Crippen LogP contribution >= 0.6 is 24.2 Å². The van der Waals surface area contributed by atoms with Crippen molar-refractivity contribution in [1.29, 1.82) is 0 Å². The van der Waals surface area contributed by atoms with Crippen molar-refractivity contribution in [3.05, 3.63) is 65.7 Å². The monoisotopic (exact) mass is 416 g/mol. The fourth-order valence-electron chi connectivity index (χ4n) is 2.87. The predicted molar refractivity (Wildman–Crippen MR) is 114 cm³/mol. The number of methoxy groups -OCH3 is 1. The van der Waals surface area contributed by atoms with Gasteiger partial charge in [-0.2, -0.15) is 17.7 Å². The van der Waals surface area contributed by atoms with Crippen LogP contribution in [-0.4, -0.2) is 34.3 Å². The van der Waals surface area contributed by atoms with Gasteiger partial charge >= 0.3 is 0 Å². The lowest BCUT2D eigenvalue weighted by Crippen LogP contribution is -2.31. The minimum absolute atomic E-state index is 0.0852. The van der Waals surface area contributed by atoms with E-state index in [0.29, 0.717) is 12.2 Å². The zero-order valence-corrected chi connectivity index (χ0v) is 17.3. The Hall–Kier alpha value is -2.51. The molecule has 0 fully saturated rings. The summed E-state index contributed by atoms with van der Waals surface area (Å²) in [5, 5.41) is 4.30. The molecule has 28 heavy (non-hydrogen) atoms. The standard InChI is InChI=1S/C20H21ClN4O2S/c1-3-24(17-13-25(23-20(17)21)15-7-5-9-22-12-15)19(26)11-18(28)14-6-4-8-16(10-14)27-2/h4-10,12-13,18,28H,3,11H2,1-2H3. The molecule has 0 aliphatic heterocycles. The van der Waals surface area contributed by atoms with E-state index in [1.165, 1.54) is 0 Å². The van der Waals surface area contributed by atoms with Gasteiger partial charge in [0.1, 0.15) is 11.4 Å². The molecule has 0 saturated carbocycles. The van der Waals surface area contributed by atoms with Crippen molar-refractivity contribution in [3.8, 4) is 11.4 Å². The first-order valence-corrected chi connectivity index (χ1v) is 9.70. The number of carbonyl (C=O) groups is 1. The summed E-state index contributed by atoms with van der Waals surface area (Å²) in [7, 11) is 1.61. The first-order chi connectivity index (χ1) is 13.5. The Morgan fingerprint density at radius 3 is 2.86 bits per heavy atom. The maximum Gasteiger partial charge on any atom is 0.228 e. The van der Waals surface area contributed by atoms with E-state index in [9.17, 15) is 4.79 Å². The topological polar surface area (TPSA) is 60.2 Å². The maximum atomic E-state index is 12.9. The molecule has 3 aromatic rings. The number of halogens is 1. The number of aromatic nitrogens is 3. The number of rotatable bonds is 7. The van der Waals surface area contributed by atoms with Gasteiger partial charge < -0.3 is 9.64 Å². The molecule has 0 saturated heterocycles. The van der Waals surface area contributed by atoms with E-state index in [-0.39, 0.29) is 22.7 Å². The van der Waals surface area contributed by atoms with Crippen molar-refractivity contribution in [2.45, 2.75) is 18.6 Å². The summed E-state index contributed by atoms with van der Waals surface area (Å²) in [5.74, 6) is 0.648. The number of nitrogens with zero attached hydrogens (tertiary/aromatic N) is 4. The van der Waals surface area contributed by atoms with Crippen LogP contribution < -0.4 is 9.64 Å². The van der Waals surface area contributed by atoms with Crippen LogP contribution in [0.4, 0.5) is 5.69 Å². The summed E-state index contributed by atoms with van der Waals surface area (Å²) < 4.78 is 6.86. The van der Waals surface area contributed by atoms with Gasteiger partial charge in [0.05, 0.1) is 25.2 Å². The second-order valence-corrected chi connectivity index (χ2v) is 7.08. The molecule has 2 heterocycles. The van der Waals surface area contributed by atoms with Crippen LogP contribution in [0.1, 0.15) is 24.2 Å². The molecule has 0 aliphatic carbocycles. The SMILES string of the molecule is CCN(C(=O)CC(S)c1cccc(OC)c1)c1cn(-c2cccnc2)nc1Cl. The molecule has 146 valence electrons. The Balaban J connectivity index is 1.79. The largest absolute Gasteiger partial charge is 0.497 e. The molecule has 8 heteroatoms. The van der Waals surface area contributed by atoms with Gasteiger partial charge in [0, 0.05) is 24.4 Å². The fourth-order valence-corrected chi connectivity index (χ4v) is 3.42. The predicted octanol–water partition coefficient (Wildman–Crippen LogP) is 4.34. The lowest BCUT2D eigenvalue weighted by Gasteiger charge is -2.21. The third-order valence-corrected chi connectivity index (χ3v) is 5.07. The van der Waals surface area contributed by atoms with E-state index in [2.05, 4.69) is 22.7 Å². The molecule has 0 bridgehead atoms. The third kappa shape index (κ3) is 4.48. The van der Waals surface area contributed by atoms with Gasteiger partial charge in [0.15, 0.2) is 5.15 Å². The van der Waals surface area contributed by atoms with Gasteiger partial charge in [0.25, 0.3) is 0 Å². The number of amides is 1. The average molecular weight is 417 g/mol. The van der Waals surface area contributed by atoms with Crippen LogP contribution in [-0.2, 0) is 4.79 Å².